The highest BCUT2D eigenvalue weighted by Gasteiger charge is 2.30. The third kappa shape index (κ3) is 5.39. The maximum absolute atomic E-state index is 14.1. The van der Waals surface area contributed by atoms with Gasteiger partial charge in [-0.25, -0.2) is 4.98 Å². The molecule has 0 saturated carbocycles. The van der Waals surface area contributed by atoms with Crippen molar-refractivity contribution < 1.29 is 9.44 Å². The summed E-state index contributed by atoms with van der Waals surface area (Å²) in [5.74, 6) is -0.293. The summed E-state index contributed by atoms with van der Waals surface area (Å²) in [6.45, 7) is 1.24. The van der Waals surface area contributed by atoms with Crippen LogP contribution in [0.25, 0.3) is 22.2 Å². The molecule has 3 aromatic carbocycles. The fourth-order valence-corrected chi connectivity index (χ4v) is 5.29. The monoisotopic (exact) mass is 490 g/mol. The van der Waals surface area contributed by atoms with Crippen molar-refractivity contribution in [2.75, 3.05) is 13.1 Å². The van der Waals surface area contributed by atoms with Crippen LogP contribution in [-0.2, 0) is 6.54 Å². The molecule has 5 rings (SSSR count). The van der Waals surface area contributed by atoms with Gasteiger partial charge in [-0.15, -0.1) is 0 Å². The van der Waals surface area contributed by atoms with Gasteiger partial charge in [0.25, 0.3) is 5.91 Å². The minimum Gasteiger partial charge on any atom is -0.633 e. The molecule has 1 aliphatic rings. The highest BCUT2D eigenvalue weighted by Crippen LogP contribution is 2.34. The van der Waals surface area contributed by atoms with E-state index in [4.69, 9.17) is 4.98 Å². The van der Waals surface area contributed by atoms with E-state index in [0.717, 1.165) is 30.4 Å². The molecule has 1 aliphatic heterocycles. The third-order valence-electron chi connectivity index (χ3n) is 7.15. The molecular weight excluding hydrogens is 460 g/mol. The normalized spacial score (nSPS) is 15.6. The largest absolute Gasteiger partial charge is 0.633 e. The number of hydrogen-bond donors (Lipinski definition) is 1. The van der Waals surface area contributed by atoms with Gasteiger partial charge >= 0.3 is 0 Å². The minimum absolute atomic E-state index is 0.140. The number of nitriles is 1. The van der Waals surface area contributed by atoms with Gasteiger partial charge in [0.1, 0.15) is 6.54 Å². The summed E-state index contributed by atoms with van der Waals surface area (Å²) in [5.41, 5.74) is 4.25. The number of hydroxylamine groups is 3. The van der Waals surface area contributed by atoms with E-state index in [9.17, 15) is 15.3 Å². The lowest BCUT2D eigenvalue weighted by Crippen LogP contribution is -2.46. The van der Waals surface area contributed by atoms with Crippen LogP contribution in [0.4, 0.5) is 0 Å². The number of nitrogens with zero attached hydrogens (tertiary/aromatic N) is 3. The van der Waals surface area contributed by atoms with Crippen molar-refractivity contribution in [2.45, 2.75) is 38.3 Å². The predicted octanol–water partition coefficient (Wildman–Crippen LogP) is 6.29. The van der Waals surface area contributed by atoms with Crippen LogP contribution in [0.3, 0.4) is 0 Å². The van der Waals surface area contributed by atoms with E-state index in [2.05, 4.69) is 11.4 Å². The summed E-state index contributed by atoms with van der Waals surface area (Å²) in [5, 5.41) is 27.2. The number of piperidine rings is 1. The Morgan fingerprint density at radius 1 is 0.946 bits per heavy atom. The average Bonchev–Trinajstić information content (AvgIpc) is 2.93. The van der Waals surface area contributed by atoms with Gasteiger partial charge < -0.3 is 15.2 Å². The van der Waals surface area contributed by atoms with Crippen LogP contribution in [-0.4, -0.2) is 28.6 Å². The lowest BCUT2D eigenvalue weighted by molar-refractivity contribution is -0.898. The molecular formula is C31H30N4O2. The van der Waals surface area contributed by atoms with Crippen molar-refractivity contribution in [1.82, 2.24) is 10.3 Å². The Hall–Kier alpha value is -4.05. The fraction of sp³-hybridized carbons (Fsp3) is 0.258. The van der Waals surface area contributed by atoms with E-state index in [-0.39, 0.29) is 23.5 Å². The van der Waals surface area contributed by atoms with Gasteiger partial charge in [-0.3, -0.25) is 4.79 Å². The summed E-state index contributed by atoms with van der Waals surface area (Å²) < 4.78 is -0.361. The van der Waals surface area contributed by atoms with Crippen LogP contribution in [0.5, 0.6) is 0 Å². The molecule has 1 fully saturated rings. The van der Waals surface area contributed by atoms with Gasteiger partial charge in [0.05, 0.1) is 48.4 Å². The molecule has 4 aromatic rings. The molecule has 186 valence electrons. The van der Waals surface area contributed by atoms with Gasteiger partial charge in [-0.1, -0.05) is 78.9 Å². The number of rotatable bonds is 7. The van der Waals surface area contributed by atoms with E-state index in [1.54, 1.807) is 0 Å². The maximum atomic E-state index is 14.1. The van der Waals surface area contributed by atoms with Gasteiger partial charge in [0.2, 0.25) is 0 Å². The van der Waals surface area contributed by atoms with E-state index < -0.39 is 6.04 Å². The van der Waals surface area contributed by atoms with Crippen LogP contribution in [0.1, 0.15) is 53.2 Å². The zero-order valence-electron chi connectivity index (χ0n) is 20.8. The Morgan fingerprint density at radius 3 is 2.30 bits per heavy atom. The Morgan fingerprint density at radius 2 is 1.59 bits per heavy atom. The van der Waals surface area contributed by atoms with Gasteiger partial charge in [0, 0.05) is 16.5 Å². The molecule has 0 spiro atoms. The number of carbonyl (C=O) groups excluding carboxylic acids is 1. The molecule has 1 atom stereocenters. The number of pyridine rings is 1. The molecule has 37 heavy (non-hydrogen) atoms. The summed E-state index contributed by atoms with van der Waals surface area (Å²) >= 11 is 0. The van der Waals surface area contributed by atoms with E-state index >= 15 is 0 Å². The molecule has 1 N–H and O–H groups in total. The third-order valence-corrected chi connectivity index (χ3v) is 7.15. The molecule has 0 bridgehead atoms. The first-order chi connectivity index (χ1) is 18.1. The first-order valence-electron chi connectivity index (χ1n) is 12.8. The van der Waals surface area contributed by atoms with Crippen molar-refractivity contribution in [2.24, 2.45) is 0 Å². The number of amides is 1. The van der Waals surface area contributed by atoms with E-state index in [1.165, 1.54) is 0 Å². The number of nitrogens with one attached hydrogen (secondary N) is 1. The summed E-state index contributed by atoms with van der Waals surface area (Å²) in [4.78, 5) is 19.1. The number of likely N-dealkylation sites (tertiary alicyclic amines) is 1. The Bertz CT molecular complexity index is 1420. The van der Waals surface area contributed by atoms with Crippen LogP contribution in [0.2, 0.25) is 0 Å². The van der Waals surface area contributed by atoms with Gasteiger partial charge in [-0.05, 0) is 30.9 Å². The molecule has 0 aliphatic carbocycles. The second-order valence-electron chi connectivity index (χ2n) is 9.72. The quantitative estimate of drug-likeness (QED) is 0.244. The summed E-state index contributed by atoms with van der Waals surface area (Å²) in [7, 11) is 0. The smallest absolute Gasteiger partial charge is 0.253 e. The number of benzene rings is 3. The molecule has 6 nitrogen and oxygen atoms in total. The number of fused-ring (bicyclic) bond motifs is 1. The number of para-hydroxylation sites is 1. The van der Waals surface area contributed by atoms with Gasteiger partial charge in [0.15, 0.2) is 0 Å². The second-order valence-corrected chi connectivity index (χ2v) is 9.72. The van der Waals surface area contributed by atoms with Crippen LogP contribution >= 0.6 is 0 Å². The maximum Gasteiger partial charge on any atom is 0.253 e. The first kappa shape index (κ1) is 24.6. The van der Waals surface area contributed by atoms with Crippen molar-refractivity contribution >= 4 is 16.8 Å². The van der Waals surface area contributed by atoms with Crippen LogP contribution < -0.4 is 5.32 Å². The highest BCUT2D eigenvalue weighted by molar-refractivity contribution is 6.09. The number of carbonyl (C=O) groups is 1. The summed E-state index contributed by atoms with van der Waals surface area (Å²) in [6, 6.07) is 28.6. The average molecular weight is 491 g/mol. The van der Waals surface area contributed by atoms with Crippen LogP contribution in [0, 0.1) is 16.5 Å². The predicted molar refractivity (Wildman–Crippen MR) is 145 cm³/mol. The zero-order valence-corrected chi connectivity index (χ0v) is 20.8. The highest BCUT2D eigenvalue weighted by atomic mass is 16.5. The zero-order chi connectivity index (χ0) is 25.7. The first-order valence-corrected chi connectivity index (χ1v) is 12.8. The molecule has 0 radical (unpaired) electrons. The Balaban J connectivity index is 1.68. The molecule has 2 heterocycles. The number of aromatic nitrogens is 1. The second kappa shape index (κ2) is 10.9. The van der Waals surface area contributed by atoms with Gasteiger partial charge in [-0.2, -0.15) is 5.26 Å². The van der Waals surface area contributed by atoms with Crippen molar-refractivity contribution in [3.63, 3.8) is 0 Å². The molecule has 1 amide bonds. The van der Waals surface area contributed by atoms with E-state index in [1.807, 2.05) is 84.9 Å². The SMILES string of the molecule is N#CCC(NC(=O)c1c(C[N+]2([O-])CCCCC2)c(-c2ccccc2)nc2ccccc12)c1ccccc1. The Labute approximate surface area is 217 Å². The van der Waals surface area contributed by atoms with Crippen molar-refractivity contribution in [3.8, 4) is 17.3 Å². The Kier molecular flexibility index (Phi) is 7.27. The summed E-state index contributed by atoms with van der Waals surface area (Å²) in [6.07, 6.45) is 2.96. The van der Waals surface area contributed by atoms with Crippen molar-refractivity contribution in [3.05, 3.63) is 107 Å². The number of hydrogen-bond acceptors (Lipinski definition) is 4. The molecule has 1 unspecified atom stereocenters. The van der Waals surface area contributed by atoms with Crippen LogP contribution in [0.15, 0.2) is 84.9 Å². The molecule has 1 aromatic heterocycles. The molecule has 1 saturated heterocycles. The number of quaternary nitrogens is 1. The molecule has 6 heteroatoms. The topological polar surface area (TPSA) is 88.8 Å². The van der Waals surface area contributed by atoms with E-state index in [0.29, 0.717) is 40.8 Å². The minimum atomic E-state index is -0.468. The lowest BCUT2D eigenvalue weighted by atomic mass is 9.94. The lowest BCUT2D eigenvalue weighted by Gasteiger charge is -2.46. The standard InChI is InChI=1S/C31H30N4O2/c32-19-18-27(23-12-4-1-5-13-23)34-31(36)29-25-16-8-9-17-28(25)33-30(24-14-6-2-7-15-24)26(29)22-35(37)20-10-3-11-21-35/h1-2,4-9,12-17,27H,3,10-11,18,20-22H2,(H,34,36). The van der Waals surface area contributed by atoms with Crippen molar-refractivity contribution in [1.29, 1.82) is 5.26 Å². The fourth-order valence-electron chi connectivity index (χ4n) is 5.29.